The Morgan fingerprint density at radius 2 is 2.05 bits per heavy atom. The molecule has 1 amide bonds. The van der Waals surface area contributed by atoms with Gasteiger partial charge in [-0.1, -0.05) is 12.1 Å². The van der Waals surface area contributed by atoms with E-state index < -0.39 is 0 Å². The van der Waals surface area contributed by atoms with Gasteiger partial charge >= 0.3 is 0 Å². The minimum absolute atomic E-state index is 0.0324. The molecule has 0 unspecified atom stereocenters. The zero-order chi connectivity index (χ0) is 13.8. The first-order valence-corrected chi connectivity index (χ1v) is 6.80. The summed E-state index contributed by atoms with van der Waals surface area (Å²) < 4.78 is 18.1. The molecule has 0 bridgehead atoms. The highest BCUT2D eigenvalue weighted by Gasteiger charge is 2.35. The molecule has 2 rings (SSSR count). The number of methoxy groups -OCH3 is 1. The summed E-state index contributed by atoms with van der Waals surface area (Å²) in [5.41, 5.74) is 0.903. The van der Waals surface area contributed by atoms with Gasteiger partial charge < -0.3 is 9.64 Å². The van der Waals surface area contributed by atoms with Crippen LogP contribution in [0.5, 0.6) is 0 Å². The minimum atomic E-state index is -0.276. The molecule has 1 aromatic rings. The molecule has 1 aliphatic rings. The summed E-state index contributed by atoms with van der Waals surface area (Å²) in [6.45, 7) is 0.465. The van der Waals surface area contributed by atoms with Crippen LogP contribution in [-0.4, -0.2) is 35.9 Å². The monoisotopic (exact) mass is 285 g/mol. The Balaban J connectivity index is 2.02. The lowest BCUT2D eigenvalue weighted by Crippen LogP contribution is -2.50. The number of amides is 1. The molecular weight excluding hydrogens is 269 g/mol. The number of benzene rings is 1. The van der Waals surface area contributed by atoms with Crippen molar-refractivity contribution < 1.29 is 13.9 Å². The minimum Gasteiger partial charge on any atom is -0.381 e. The summed E-state index contributed by atoms with van der Waals surface area (Å²) in [5, 5.41) is 0. The second-order valence-corrected chi connectivity index (χ2v) is 5.03. The molecule has 0 N–H and O–H groups in total. The summed E-state index contributed by atoms with van der Waals surface area (Å²) in [7, 11) is 1.68. The maximum absolute atomic E-state index is 12.9. The van der Waals surface area contributed by atoms with Crippen molar-refractivity contribution in [1.29, 1.82) is 0 Å². The van der Waals surface area contributed by atoms with Crippen molar-refractivity contribution >= 4 is 17.5 Å². The Morgan fingerprint density at radius 1 is 1.42 bits per heavy atom. The fraction of sp³-hybridized carbons (Fsp3) is 0.500. The molecular formula is C14H17ClFNO2. The second-order valence-electron chi connectivity index (χ2n) is 4.76. The second kappa shape index (κ2) is 6.35. The van der Waals surface area contributed by atoms with Gasteiger partial charge in [-0.3, -0.25) is 4.79 Å². The number of ether oxygens (including phenoxy) is 1. The first kappa shape index (κ1) is 14.3. The van der Waals surface area contributed by atoms with Crippen molar-refractivity contribution in [3.63, 3.8) is 0 Å². The Kier molecular flexibility index (Phi) is 4.77. The lowest BCUT2D eigenvalue weighted by Gasteiger charge is -2.42. The lowest BCUT2D eigenvalue weighted by atomic mass is 9.87. The smallest absolute Gasteiger partial charge is 0.238 e. The number of carbonyl (C=O) groups is 1. The molecule has 0 aliphatic heterocycles. The Bertz CT molecular complexity index is 432. The average Bonchev–Trinajstić information content (AvgIpc) is 2.37. The molecule has 0 spiro atoms. The number of rotatable bonds is 5. The van der Waals surface area contributed by atoms with Gasteiger partial charge in [-0.05, 0) is 30.5 Å². The van der Waals surface area contributed by atoms with E-state index in [1.165, 1.54) is 12.1 Å². The van der Waals surface area contributed by atoms with Gasteiger partial charge in [0.05, 0.1) is 6.10 Å². The van der Waals surface area contributed by atoms with Gasteiger partial charge in [0.2, 0.25) is 5.91 Å². The molecule has 1 fully saturated rings. The van der Waals surface area contributed by atoms with Crippen molar-refractivity contribution in [1.82, 2.24) is 4.90 Å². The van der Waals surface area contributed by atoms with E-state index in [9.17, 15) is 9.18 Å². The van der Waals surface area contributed by atoms with Crippen LogP contribution in [0.3, 0.4) is 0 Å². The predicted molar refractivity (Wildman–Crippen MR) is 71.5 cm³/mol. The average molecular weight is 286 g/mol. The topological polar surface area (TPSA) is 29.5 Å². The molecule has 5 heteroatoms. The van der Waals surface area contributed by atoms with E-state index in [1.807, 2.05) is 0 Å². The molecule has 0 atom stereocenters. The van der Waals surface area contributed by atoms with E-state index in [0.29, 0.717) is 6.54 Å². The van der Waals surface area contributed by atoms with E-state index in [-0.39, 0.29) is 29.8 Å². The normalized spacial score (nSPS) is 21.8. The molecule has 1 aromatic carbocycles. The number of halogens is 2. The van der Waals surface area contributed by atoms with Crippen LogP contribution in [0.2, 0.25) is 0 Å². The fourth-order valence-corrected chi connectivity index (χ4v) is 2.42. The first-order valence-electron chi connectivity index (χ1n) is 6.26. The van der Waals surface area contributed by atoms with Crippen molar-refractivity contribution in [3.05, 3.63) is 35.6 Å². The van der Waals surface area contributed by atoms with Gasteiger partial charge in [0, 0.05) is 19.7 Å². The van der Waals surface area contributed by atoms with E-state index >= 15 is 0 Å². The molecule has 0 saturated heterocycles. The van der Waals surface area contributed by atoms with Crippen molar-refractivity contribution in [2.45, 2.75) is 31.5 Å². The molecule has 3 nitrogen and oxygen atoms in total. The van der Waals surface area contributed by atoms with Gasteiger partial charge in [-0.2, -0.15) is 0 Å². The van der Waals surface area contributed by atoms with Crippen LogP contribution in [0.1, 0.15) is 18.4 Å². The third-order valence-corrected chi connectivity index (χ3v) is 3.77. The highest BCUT2D eigenvalue weighted by atomic mass is 35.5. The maximum Gasteiger partial charge on any atom is 0.238 e. The van der Waals surface area contributed by atoms with Crippen LogP contribution in [0.4, 0.5) is 4.39 Å². The molecule has 0 heterocycles. The maximum atomic E-state index is 12.9. The molecule has 0 aromatic heterocycles. The number of carbonyl (C=O) groups excluding carboxylic acids is 1. The molecule has 1 saturated carbocycles. The Morgan fingerprint density at radius 3 is 2.58 bits per heavy atom. The molecule has 1 aliphatic carbocycles. The number of hydrogen-bond acceptors (Lipinski definition) is 2. The van der Waals surface area contributed by atoms with Crippen LogP contribution in [0, 0.1) is 5.82 Å². The third-order valence-electron chi connectivity index (χ3n) is 3.54. The van der Waals surface area contributed by atoms with Crippen molar-refractivity contribution in [3.8, 4) is 0 Å². The van der Waals surface area contributed by atoms with E-state index in [4.69, 9.17) is 16.3 Å². The van der Waals surface area contributed by atoms with E-state index in [0.717, 1.165) is 18.4 Å². The van der Waals surface area contributed by atoms with Crippen LogP contribution in [0.25, 0.3) is 0 Å². The SMILES string of the molecule is COC1CC(N(Cc2ccc(F)cc2)C(=O)CCl)C1. The van der Waals surface area contributed by atoms with E-state index in [2.05, 4.69) is 0 Å². The predicted octanol–water partition coefficient (Wildman–Crippen LogP) is 2.57. The van der Waals surface area contributed by atoms with Gasteiger partial charge in [0.1, 0.15) is 11.7 Å². The largest absolute Gasteiger partial charge is 0.381 e. The first-order chi connectivity index (χ1) is 9.13. The number of nitrogens with zero attached hydrogens (tertiary/aromatic N) is 1. The third kappa shape index (κ3) is 3.45. The molecule has 0 radical (unpaired) electrons. The summed E-state index contributed by atoms with van der Waals surface area (Å²) in [6, 6.07) is 6.35. The summed E-state index contributed by atoms with van der Waals surface area (Å²) in [6.07, 6.45) is 1.89. The van der Waals surface area contributed by atoms with Crippen molar-refractivity contribution in [2.75, 3.05) is 13.0 Å². The van der Waals surface area contributed by atoms with Gasteiger partial charge in [-0.15, -0.1) is 11.6 Å². The Hall–Kier alpha value is -1.13. The summed E-state index contributed by atoms with van der Waals surface area (Å²) in [4.78, 5) is 13.7. The number of alkyl halides is 1. The van der Waals surface area contributed by atoms with Gasteiger partial charge in [0.25, 0.3) is 0 Å². The van der Waals surface area contributed by atoms with Crippen LogP contribution in [-0.2, 0) is 16.1 Å². The standard InChI is InChI=1S/C14H17ClFNO2/c1-19-13-6-12(7-13)17(14(18)8-15)9-10-2-4-11(16)5-3-10/h2-5,12-13H,6-9H2,1H3. The van der Waals surface area contributed by atoms with Crippen molar-refractivity contribution in [2.24, 2.45) is 0 Å². The zero-order valence-electron chi connectivity index (χ0n) is 10.8. The Labute approximate surface area is 117 Å². The highest BCUT2D eigenvalue weighted by molar-refractivity contribution is 6.27. The van der Waals surface area contributed by atoms with Gasteiger partial charge in [0.15, 0.2) is 0 Å². The quantitative estimate of drug-likeness (QED) is 0.778. The lowest BCUT2D eigenvalue weighted by molar-refractivity contribution is -0.137. The zero-order valence-corrected chi connectivity index (χ0v) is 11.6. The fourth-order valence-electron chi connectivity index (χ4n) is 2.27. The number of hydrogen-bond donors (Lipinski definition) is 0. The molecule has 19 heavy (non-hydrogen) atoms. The van der Waals surface area contributed by atoms with E-state index in [1.54, 1.807) is 24.1 Å². The van der Waals surface area contributed by atoms with Crippen LogP contribution >= 0.6 is 11.6 Å². The highest BCUT2D eigenvalue weighted by Crippen LogP contribution is 2.29. The summed E-state index contributed by atoms with van der Waals surface area (Å²) in [5.74, 6) is -0.400. The van der Waals surface area contributed by atoms with Crippen LogP contribution < -0.4 is 0 Å². The molecule has 104 valence electrons. The van der Waals surface area contributed by atoms with Crippen LogP contribution in [0.15, 0.2) is 24.3 Å². The van der Waals surface area contributed by atoms with Gasteiger partial charge in [-0.25, -0.2) is 4.39 Å². The summed E-state index contributed by atoms with van der Waals surface area (Å²) >= 11 is 5.65.